The maximum atomic E-state index is 11.2. The molecular weight excluding hydrogens is 282 g/mol. The van der Waals surface area contributed by atoms with Gasteiger partial charge in [0.2, 0.25) is 5.95 Å². The first-order valence-electron chi connectivity index (χ1n) is 6.98. The van der Waals surface area contributed by atoms with Crippen LogP contribution in [0.1, 0.15) is 41.4 Å². The van der Waals surface area contributed by atoms with E-state index < -0.39 is 5.97 Å². The molecule has 6 heteroatoms. The van der Waals surface area contributed by atoms with Crippen LogP contribution in [0.15, 0.2) is 30.5 Å². The minimum atomic E-state index is -1.01. The van der Waals surface area contributed by atoms with Gasteiger partial charge in [0.25, 0.3) is 0 Å². The second kappa shape index (κ2) is 6.89. The Morgan fingerprint density at radius 1 is 1.32 bits per heavy atom. The third kappa shape index (κ3) is 3.72. The van der Waals surface area contributed by atoms with Crippen molar-refractivity contribution in [2.24, 2.45) is 0 Å². The smallest absolute Gasteiger partial charge is 0.339 e. The summed E-state index contributed by atoms with van der Waals surface area (Å²) >= 11 is 0. The number of carboxylic acid groups (broad SMARTS) is 1. The summed E-state index contributed by atoms with van der Waals surface area (Å²) in [6, 6.07) is 7.65. The Hall–Kier alpha value is -2.63. The predicted octanol–water partition coefficient (Wildman–Crippen LogP) is 2.92. The van der Waals surface area contributed by atoms with Crippen molar-refractivity contribution >= 4 is 11.9 Å². The lowest BCUT2D eigenvalue weighted by molar-refractivity contribution is 0.0694. The van der Waals surface area contributed by atoms with Crippen molar-refractivity contribution in [3.05, 3.63) is 47.3 Å². The van der Waals surface area contributed by atoms with E-state index in [1.54, 1.807) is 7.11 Å². The van der Waals surface area contributed by atoms with Crippen LogP contribution in [0.5, 0.6) is 5.75 Å². The fourth-order valence-corrected chi connectivity index (χ4v) is 2.01. The van der Waals surface area contributed by atoms with Crippen LogP contribution in [-0.2, 0) is 6.54 Å². The summed E-state index contributed by atoms with van der Waals surface area (Å²) < 4.78 is 5.11. The zero-order valence-electron chi connectivity index (χ0n) is 12.8. The van der Waals surface area contributed by atoms with Gasteiger partial charge in [0, 0.05) is 12.7 Å². The molecule has 1 aromatic heterocycles. The summed E-state index contributed by atoms with van der Waals surface area (Å²) in [7, 11) is 1.62. The number of carboxylic acids is 1. The predicted molar refractivity (Wildman–Crippen MR) is 83.4 cm³/mol. The highest BCUT2D eigenvalue weighted by atomic mass is 16.5. The fraction of sp³-hybridized carbons (Fsp3) is 0.312. The first kappa shape index (κ1) is 15.8. The SMILES string of the molecule is COc1ccc(CNc2ncc(C(=O)O)c(C(C)C)n2)cc1. The van der Waals surface area contributed by atoms with Gasteiger partial charge in [-0.2, -0.15) is 0 Å². The Bertz CT molecular complexity index is 654. The average Bonchev–Trinajstić information content (AvgIpc) is 2.53. The van der Waals surface area contributed by atoms with E-state index in [0.717, 1.165) is 11.3 Å². The number of aromatic carboxylic acids is 1. The van der Waals surface area contributed by atoms with E-state index in [9.17, 15) is 4.79 Å². The van der Waals surface area contributed by atoms with Crippen molar-refractivity contribution in [1.82, 2.24) is 9.97 Å². The molecule has 2 N–H and O–H groups in total. The maximum Gasteiger partial charge on any atom is 0.339 e. The van der Waals surface area contributed by atoms with Crippen LogP contribution < -0.4 is 10.1 Å². The molecule has 0 aliphatic carbocycles. The Labute approximate surface area is 129 Å². The number of ether oxygens (including phenoxy) is 1. The number of rotatable bonds is 6. The number of carbonyl (C=O) groups is 1. The molecule has 0 aliphatic rings. The lowest BCUT2D eigenvalue weighted by Gasteiger charge is -2.11. The maximum absolute atomic E-state index is 11.2. The Morgan fingerprint density at radius 3 is 2.55 bits per heavy atom. The Kier molecular flexibility index (Phi) is 4.93. The van der Waals surface area contributed by atoms with Gasteiger partial charge in [0.1, 0.15) is 5.75 Å². The topological polar surface area (TPSA) is 84.3 Å². The standard InChI is InChI=1S/C16H19N3O3/c1-10(2)14-13(15(20)21)9-18-16(19-14)17-8-11-4-6-12(22-3)7-5-11/h4-7,9-10H,8H2,1-3H3,(H,20,21)(H,17,18,19). The zero-order valence-corrected chi connectivity index (χ0v) is 12.8. The summed E-state index contributed by atoms with van der Waals surface area (Å²) in [5.74, 6) is 0.221. The highest BCUT2D eigenvalue weighted by molar-refractivity contribution is 5.88. The molecule has 116 valence electrons. The molecule has 22 heavy (non-hydrogen) atoms. The summed E-state index contributed by atoms with van der Waals surface area (Å²) in [5, 5.41) is 12.3. The van der Waals surface area contributed by atoms with E-state index in [4.69, 9.17) is 9.84 Å². The van der Waals surface area contributed by atoms with Crippen LogP contribution >= 0.6 is 0 Å². The minimum Gasteiger partial charge on any atom is -0.497 e. The summed E-state index contributed by atoms with van der Waals surface area (Å²) in [6.07, 6.45) is 1.35. The molecule has 2 rings (SSSR count). The second-order valence-corrected chi connectivity index (χ2v) is 5.15. The van der Waals surface area contributed by atoms with Gasteiger partial charge in [-0.15, -0.1) is 0 Å². The van der Waals surface area contributed by atoms with Crippen molar-refractivity contribution in [3.8, 4) is 5.75 Å². The number of anilines is 1. The van der Waals surface area contributed by atoms with Gasteiger partial charge in [-0.3, -0.25) is 0 Å². The zero-order chi connectivity index (χ0) is 16.1. The van der Waals surface area contributed by atoms with Crippen LogP contribution in [0.3, 0.4) is 0 Å². The van der Waals surface area contributed by atoms with E-state index in [0.29, 0.717) is 18.2 Å². The van der Waals surface area contributed by atoms with Crippen LogP contribution in [0.2, 0.25) is 0 Å². The molecule has 0 atom stereocenters. The molecule has 0 spiro atoms. The molecule has 1 aromatic carbocycles. The van der Waals surface area contributed by atoms with E-state index in [1.165, 1.54) is 6.20 Å². The number of nitrogens with one attached hydrogen (secondary N) is 1. The lowest BCUT2D eigenvalue weighted by Crippen LogP contribution is -2.11. The number of nitrogens with zero attached hydrogens (tertiary/aromatic N) is 2. The molecule has 0 fully saturated rings. The Balaban J connectivity index is 2.12. The molecule has 0 radical (unpaired) electrons. The molecule has 0 aliphatic heterocycles. The van der Waals surface area contributed by atoms with E-state index in [1.807, 2.05) is 38.1 Å². The second-order valence-electron chi connectivity index (χ2n) is 5.15. The van der Waals surface area contributed by atoms with Crippen molar-refractivity contribution in [1.29, 1.82) is 0 Å². The molecule has 0 bridgehead atoms. The molecule has 0 amide bonds. The molecule has 1 heterocycles. The van der Waals surface area contributed by atoms with Gasteiger partial charge in [0.15, 0.2) is 0 Å². The molecule has 0 saturated heterocycles. The monoisotopic (exact) mass is 301 g/mol. The van der Waals surface area contributed by atoms with Gasteiger partial charge in [-0.1, -0.05) is 26.0 Å². The van der Waals surface area contributed by atoms with Crippen LogP contribution in [0.4, 0.5) is 5.95 Å². The molecule has 6 nitrogen and oxygen atoms in total. The van der Waals surface area contributed by atoms with E-state index in [-0.39, 0.29) is 11.5 Å². The van der Waals surface area contributed by atoms with Crippen LogP contribution in [0, 0.1) is 0 Å². The number of methoxy groups -OCH3 is 1. The summed E-state index contributed by atoms with van der Waals surface area (Å²) in [4.78, 5) is 19.5. The summed E-state index contributed by atoms with van der Waals surface area (Å²) in [6.45, 7) is 4.36. The summed E-state index contributed by atoms with van der Waals surface area (Å²) in [5.41, 5.74) is 1.72. The van der Waals surface area contributed by atoms with Gasteiger partial charge in [-0.25, -0.2) is 14.8 Å². The van der Waals surface area contributed by atoms with Gasteiger partial charge in [0.05, 0.1) is 18.4 Å². The van der Waals surface area contributed by atoms with Gasteiger partial charge >= 0.3 is 5.97 Å². The van der Waals surface area contributed by atoms with Gasteiger partial charge < -0.3 is 15.2 Å². The fourth-order valence-electron chi connectivity index (χ4n) is 2.01. The average molecular weight is 301 g/mol. The van der Waals surface area contributed by atoms with Crippen molar-refractivity contribution in [2.45, 2.75) is 26.3 Å². The number of benzene rings is 1. The Morgan fingerprint density at radius 2 is 2.00 bits per heavy atom. The van der Waals surface area contributed by atoms with Crippen molar-refractivity contribution in [3.63, 3.8) is 0 Å². The number of hydrogen-bond acceptors (Lipinski definition) is 5. The molecular formula is C16H19N3O3. The van der Waals surface area contributed by atoms with Crippen molar-refractivity contribution in [2.75, 3.05) is 12.4 Å². The molecule has 2 aromatic rings. The minimum absolute atomic E-state index is 0.00985. The number of aromatic nitrogens is 2. The van der Waals surface area contributed by atoms with E-state index in [2.05, 4.69) is 15.3 Å². The van der Waals surface area contributed by atoms with Gasteiger partial charge in [-0.05, 0) is 23.6 Å². The third-order valence-corrected chi connectivity index (χ3v) is 3.21. The first-order chi connectivity index (χ1) is 10.5. The quantitative estimate of drug-likeness (QED) is 0.853. The van der Waals surface area contributed by atoms with E-state index >= 15 is 0 Å². The highest BCUT2D eigenvalue weighted by Crippen LogP contribution is 2.18. The molecule has 0 saturated carbocycles. The van der Waals surface area contributed by atoms with Crippen LogP contribution in [-0.4, -0.2) is 28.2 Å². The van der Waals surface area contributed by atoms with Crippen molar-refractivity contribution < 1.29 is 14.6 Å². The lowest BCUT2D eigenvalue weighted by atomic mass is 10.1. The largest absolute Gasteiger partial charge is 0.497 e. The molecule has 0 unspecified atom stereocenters. The highest BCUT2D eigenvalue weighted by Gasteiger charge is 2.16. The third-order valence-electron chi connectivity index (χ3n) is 3.21. The number of hydrogen-bond donors (Lipinski definition) is 2. The normalized spacial score (nSPS) is 10.5. The first-order valence-corrected chi connectivity index (χ1v) is 6.98. The van der Waals surface area contributed by atoms with Crippen LogP contribution in [0.25, 0.3) is 0 Å².